The zero-order valence-corrected chi connectivity index (χ0v) is 7.56. The molecule has 0 aliphatic rings. The van der Waals surface area contributed by atoms with Crippen molar-refractivity contribution in [3.63, 3.8) is 0 Å². The minimum atomic E-state index is -0.498. The fraction of sp³-hybridized carbons (Fsp3) is 0.111. The van der Waals surface area contributed by atoms with E-state index in [4.69, 9.17) is 11.5 Å². The third kappa shape index (κ3) is 1.82. The average Bonchev–Trinajstić information content (AvgIpc) is 2.12. The van der Waals surface area contributed by atoms with Gasteiger partial charge < -0.3 is 11.5 Å². The molecule has 1 rings (SSSR count). The summed E-state index contributed by atoms with van der Waals surface area (Å²) < 4.78 is 0. The molecule has 0 aliphatic carbocycles. The van der Waals surface area contributed by atoms with Gasteiger partial charge in [0.1, 0.15) is 0 Å². The van der Waals surface area contributed by atoms with Crippen LogP contribution in [0.5, 0.6) is 0 Å². The van der Waals surface area contributed by atoms with Crippen LogP contribution < -0.4 is 11.5 Å². The molecule has 0 aliphatic heterocycles. The zero-order chi connectivity index (χ0) is 10.7. The predicted molar refractivity (Wildman–Crippen MR) is 55.8 cm³/mol. The van der Waals surface area contributed by atoms with Gasteiger partial charge in [0.25, 0.3) is 5.69 Å². The monoisotopic (exact) mass is 193 g/mol. The number of nitrogens with two attached hydrogens (primary N) is 2. The summed E-state index contributed by atoms with van der Waals surface area (Å²) in [5, 5.41) is 10.5. The Morgan fingerprint density at radius 3 is 2.64 bits per heavy atom. The topological polar surface area (TPSA) is 95.2 Å². The van der Waals surface area contributed by atoms with Gasteiger partial charge in [-0.3, -0.25) is 10.1 Å². The van der Waals surface area contributed by atoms with E-state index >= 15 is 0 Å². The van der Waals surface area contributed by atoms with Gasteiger partial charge in [-0.15, -0.1) is 6.58 Å². The highest BCUT2D eigenvalue weighted by atomic mass is 16.6. The Morgan fingerprint density at radius 2 is 2.14 bits per heavy atom. The molecular weight excluding hydrogens is 182 g/mol. The molecule has 1 aromatic carbocycles. The first kappa shape index (κ1) is 10.0. The molecule has 0 heterocycles. The third-order valence-corrected chi connectivity index (χ3v) is 1.86. The fourth-order valence-electron chi connectivity index (χ4n) is 1.15. The van der Waals surface area contributed by atoms with Crippen molar-refractivity contribution in [3.8, 4) is 0 Å². The summed E-state index contributed by atoms with van der Waals surface area (Å²) in [5.74, 6) is 0. The summed E-state index contributed by atoms with van der Waals surface area (Å²) in [6.07, 6.45) is 2.09. The van der Waals surface area contributed by atoms with Crippen LogP contribution in [0.4, 0.5) is 17.1 Å². The Kier molecular flexibility index (Phi) is 2.71. The molecule has 0 atom stereocenters. The number of nitrogen functional groups attached to an aromatic ring is 2. The molecular formula is C9H11N3O2. The van der Waals surface area contributed by atoms with Crippen molar-refractivity contribution in [1.29, 1.82) is 0 Å². The van der Waals surface area contributed by atoms with Gasteiger partial charge in [0.2, 0.25) is 0 Å². The molecule has 1 aromatic rings. The number of nitro groups is 1. The van der Waals surface area contributed by atoms with Crippen molar-refractivity contribution in [2.24, 2.45) is 0 Å². The van der Waals surface area contributed by atoms with Crippen LogP contribution in [0.1, 0.15) is 5.56 Å². The molecule has 0 radical (unpaired) electrons. The summed E-state index contributed by atoms with van der Waals surface area (Å²) in [6.45, 7) is 3.54. The van der Waals surface area contributed by atoms with E-state index in [0.717, 1.165) is 0 Å². The number of allylic oxidation sites excluding steroid dienone is 1. The number of non-ortho nitro benzene ring substituents is 1. The normalized spacial score (nSPS) is 9.71. The molecule has 0 amide bonds. The van der Waals surface area contributed by atoms with E-state index in [-0.39, 0.29) is 11.4 Å². The first-order valence-corrected chi connectivity index (χ1v) is 3.99. The van der Waals surface area contributed by atoms with E-state index in [0.29, 0.717) is 17.7 Å². The minimum Gasteiger partial charge on any atom is -0.397 e. The van der Waals surface area contributed by atoms with Crippen molar-refractivity contribution >= 4 is 17.1 Å². The van der Waals surface area contributed by atoms with Crippen molar-refractivity contribution in [2.75, 3.05) is 11.5 Å². The van der Waals surface area contributed by atoms with Gasteiger partial charge in [-0.25, -0.2) is 0 Å². The first-order valence-electron chi connectivity index (χ1n) is 3.99. The Morgan fingerprint density at radius 1 is 1.50 bits per heavy atom. The molecule has 4 N–H and O–H groups in total. The van der Waals surface area contributed by atoms with Gasteiger partial charge in [0.05, 0.1) is 16.3 Å². The van der Waals surface area contributed by atoms with Crippen LogP contribution in [-0.2, 0) is 6.42 Å². The second kappa shape index (κ2) is 3.78. The lowest BCUT2D eigenvalue weighted by molar-refractivity contribution is -0.384. The second-order valence-electron chi connectivity index (χ2n) is 2.86. The lowest BCUT2D eigenvalue weighted by Crippen LogP contribution is -2.01. The minimum absolute atomic E-state index is 0.0476. The van der Waals surface area contributed by atoms with Crippen molar-refractivity contribution in [2.45, 2.75) is 6.42 Å². The molecule has 0 saturated heterocycles. The van der Waals surface area contributed by atoms with Crippen LogP contribution in [0, 0.1) is 10.1 Å². The van der Waals surface area contributed by atoms with Crippen LogP contribution in [0.3, 0.4) is 0 Å². The first-order chi connectivity index (χ1) is 6.56. The summed E-state index contributed by atoms with van der Waals surface area (Å²) in [5.41, 5.74) is 12.4. The van der Waals surface area contributed by atoms with Crippen LogP contribution >= 0.6 is 0 Å². The number of nitrogens with zero attached hydrogens (tertiary/aromatic N) is 1. The molecule has 0 fully saturated rings. The predicted octanol–water partition coefficient (Wildman–Crippen LogP) is 1.49. The molecule has 0 spiro atoms. The average molecular weight is 193 g/mol. The summed E-state index contributed by atoms with van der Waals surface area (Å²) in [7, 11) is 0. The molecule has 5 heteroatoms. The summed E-state index contributed by atoms with van der Waals surface area (Å²) in [6, 6.07) is 2.66. The molecule has 0 aromatic heterocycles. The van der Waals surface area contributed by atoms with E-state index in [2.05, 4.69) is 6.58 Å². The molecule has 0 bridgehead atoms. The van der Waals surface area contributed by atoms with E-state index in [1.54, 1.807) is 6.08 Å². The molecule has 14 heavy (non-hydrogen) atoms. The van der Waals surface area contributed by atoms with Gasteiger partial charge in [0, 0.05) is 12.1 Å². The van der Waals surface area contributed by atoms with Crippen LogP contribution in [0.15, 0.2) is 24.8 Å². The lowest BCUT2D eigenvalue weighted by Gasteiger charge is -2.05. The lowest BCUT2D eigenvalue weighted by atomic mass is 10.1. The Balaban J connectivity index is 3.27. The number of benzene rings is 1. The standard InChI is InChI=1S/C9H11N3O2/c1-2-3-6-4-7(12(13)14)5-8(10)9(6)11/h2,4-5H,1,3,10-11H2. The smallest absolute Gasteiger partial charge is 0.271 e. The van der Waals surface area contributed by atoms with Crippen LogP contribution in [0.2, 0.25) is 0 Å². The highest BCUT2D eigenvalue weighted by Crippen LogP contribution is 2.27. The Bertz CT molecular complexity index is 388. The second-order valence-corrected chi connectivity index (χ2v) is 2.86. The molecule has 0 saturated carbocycles. The Hall–Kier alpha value is -2.04. The number of hydrogen-bond acceptors (Lipinski definition) is 4. The van der Waals surface area contributed by atoms with Gasteiger partial charge >= 0.3 is 0 Å². The van der Waals surface area contributed by atoms with Gasteiger partial charge in [-0.1, -0.05) is 6.08 Å². The molecule has 74 valence electrons. The van der Waals surface area contributed by atoms with E-state index in [9.17, 15) is 10.1 Å². The molecule has 5 nitrogen and oxygen atoms in total. The van der Waals surface area contributed by atoms with Gasteiger partial charge in [-0.2, -0.15) is 0 Å². The summed E-state index contributed by atoms with van der Waals surface area (Å²) >= 11 is 0. The van der Waals surface area contributed by atoms with Crippen molar-refractivity contribution < 1.29 is 4.92 Å². The third-order valence-electron chi connectivity index (χ3n) is 1.86. The number of nitro benzene ring substituents is 1. The number of anilines is 2. The Labute approximate surface area is 81.2 Å². The van der Waals surface area contributed by atoms with E-state index in [1.165, 1.54) is 12.1 Å². The quantitative estimate of drug-likeness (QED) is 0.329. The highest BCUT2D eigenvalue weighted by Gasteiger charge is 2.11. The maximum absolute atomic E-state index is 10.5. The molecule has 0 unspecified atom stereocenters. The SMILES string of the molecule is C=CCc1cc([N+](=O)[O-])cc(N)c1N. The van der Waals surface area contributed by atoms with Crippen molar-refractivity contribution in [1.82, 2.24) is 0 Å². The van der Waals surface area contributed by atoms with Gasteiger partial charge in [0.15, 0.2) is 0 Å². The zero-order valence-electron chi connectivity index (χ0n) is 7.56. The fourth-order valence-corrected chi connectivity index (χ4v) is 1.15. The van der Waals surface area contributed by atoms with Crippen LogP contribution in [-0.4, -0.2) is 4.92 Å². The van der Waals surface area contributed by atoms with E-state index in [1.807, 2.05) is 0 Å². The largest absolute Gasteiger partial charge is 0.397 e. The maximum Gasteiger partial charge on any atom is 0.271 e. The van der Waals surface area contributed by atoms with Gasteiger partial charge in [-0.05, 0) is 12.0 Å². The van der Waals surface area contributed by atoms with Crippen LogP contribution in [0.25, 0.3) is 0 Å². The highest BCUT2D eigenvalue weighted by molar-refractivity contribution is 5.71. The number of rotatable bonds is 3. The van der Waals surface area contributed by atoms with E-state index < -0.39 is 4.92 Å². The van der Waals surface area contributed by atoms with Crippen molar-refractivity contribution in [3.05, 3.63) is 40.5 Å². The summed E-state index contributed by atoms with van der Waals surface area (Å²) in [4.78, 5) is 10.0. The number of hydrogen-bond donors (Lipinski definition) is 2. The maximum atomic E-state index is 10.5.